The molecule has 0 radical (unpaired) electrons. The highest BCUT2D eigenvalue weighted by atomic mass is 16.5. The van der Waals surface area contributed by atoms with Crippen molar-refractivity contribution in [3.05, 3.63) is 118 Å². The molecule has 0 aliphatic rings. The number of nitrogens with zero attached hydrogens (tertiary/aromatic N) is 1. The second-order valence-electron chi connectivity index (χ2n) is 9.66. The van der Waals surface area contributed by atoms with E-state index in [4.69, 9.17) is 4.74 Å². The number of hydrogen-bond donors (Lipinski definition) is 2. The standard InChI is InChI=1S/C32H31N3O3/c1-22-10-12-23(13-11-22)21-35(2)18-19-38-26-16-14-25(15-17-26)33-30(36)20-24-6-5-8-28-31(24)34-29-9-4-3-7-27(29)32(28)37/h3-17H,18-21H2,1-2H3,(H,33,36)(H,34,37). The highest BCUT2D eigenvalue weighted by Gasteiger charge is 2.12. The number of pyridine rings is 1. The topological polar surface area (TPSA) is 74.4 Å². The number of nitrogens with one attached hydrogen (secondary N) is 2. The molecule has 0 saturated heterocycles. The Morgan fingerprint density at radius 3 is 2.42 bits per heavy atom. The van der Waals surface area contributed by atoms with E-state index in [2.05, 4.69) is 53.4 Å². The van der Waals surface area contributed by atoms with Gasteiger partial charge in [-0.1, -0.05) is 54.1 Å². The number of aryl methyl sites for hydroxylation is 1. The normalized spacial score (nSPS) is 11.2. The summed E-state index contributed by atoms with van der Waals surface area (Å²) in [6.45, 7) is 4.33. The van der Waals surface area contributed by atoms with Crippen LogP contribution < -0.4 is 15.5 Å². The Bertz CT molecular complexity index is 1620. The first-order chi connectivity index (χ1) is 18.5. The molecule has 0 atom stereocenters. The Hall–Kier alpha value is -4.42. The maximum absolute atomic E-state index is 12.9. The number of carbonyl (C=O) groups is 1. The number of carbonyl (C=O) groups excluding carboxylic acids is 1. The number of amides is 1. The van der Waals surface area contributed by atoms with Gasteiger partial charge in [-0.05, 0) is 67.6 Å². The van der Waals surface area contributed by atoms with Crippen molar-refractivity contribution >= 4 is 33.4 Å². The fourth-order valence-corrected chi connectivity index (χ4v) is 4.57. The summed E-state index contributed by atoms with van der Waals surface area (Å²) >= 11 is 0. The van der Waals surface area contributed by atoms with Crippen LogP contribution in [-0.2, 0) is 17.8 Å². The number of fused-ring (bicyclic) bond motifs is 2. The van der Waals surface area contributed by atoms with Crippen LogP contribution >= 0.6 is 0 Å². The van der Waals surface area contributed by atoms with E-state index < -0.39 is 0 Å². The van der Waals surface area contributed by atoms with Crippen LogP contribution in [0.1, 0.15) is 16.7 Å². The lowest BCUT2D eigenvalue weighted by atomic mass is 10.0. The number of aromatic amines is 1. The zero-order chi connectivity index (χ0) is 26.5. The van der Waals surface area contributed by atoms with Gasteiger partial charge in [-0.25, -0.2) is 0 Å². The second-order valence-corrected chi connectivity index (χ2v) is 9.66. The van der Waals surface area contributed by atoms with Gasteiger partial charge in [0.15, 0.2) is 5.43 Å². The van der Waals surface area contributed by atoms with Gasteiger partial charge in [0, 0.05) is 35.1 Å². The van der Waals surface area contributed by atoms with Crippen molar-refractivity contribution < 1.29 is 9.53 Å². The molecule has 6 nitrogen and oxygen atoms in total. The molecule has 2 N–H and O–H groups in total. The molecule has 0 aliphatic heterocycles. The predicted octanol–water partition coefficient (Wildman–Crippen LogP) is 5.68. The third-order valence-electron chi connectivity index (χ3n) is 6.63. The molecular weight excluding hydrogens is 474 g/mol. The van der Waals surface area contributed by atoms with Gasteiger partial charge in [0.2, 0.25) is 5.91 Å². The zero-order valence-corrected chi connectivity index (χ0v) is 21.7. The van der Waals surface area contributed by atoms with Gasteiger partial charge in [0.1, 0.15) is 12.4 Å². The fraction of sp³-hybridized carbons (Fsp3) is 0.188. The summed E-state index contributed by atoms with van der Waals surface area (Å²) in [5, 5.41) is 4.17. The van der Waals surface area contributed by atoms with Crippen molar-refractivity contribution in [2.24, 2.45) is 0 Å². The van der Waals surface area contributed by atoms with Crippen LogP contribution in [0.5, 0.6) is 5.75 Å². The lowest BCUT2D eigenvalue weighted by molar-refractivity contribution is -0.115. The van der Waals surface area contributed by atoms with Crippen molar-refractivity contribution in [3.8, 4) is 5.75 Å². The molecule has 4 aromatic carbocycles. The predicted molar refractivity (Wildman–Crippen MR) is 154 cm³/mol. The molecule has 5 rings (SSSR count). The van der Waals surface area contributed by atoms with E-state index in [-0.39, 0.29) is 17.8 Å². The molecule has 1 amide bonds. The van der Waals surface area contributed by atoms with Crippen molar-refractivity contribution in [1.82, 2.24) is 9.88 Å². The number of rotatable bonds is 9. The van der Waals surface area contributed by atoms with Crippen LogP contribution in [0.2, 0.25) is 0 Å². The lowest BCUT2D eigenvalue weighted by Crippen LogP contribution is -2.23. The quantitative estimate of drug-likeness (QED) is 0.253. The molecule has 1 heterocycles. The van der Waals surface area contributed by atoms with E-state index in [1.54, 1.807) is 6.07 Å². The minimum atomic E-state index is -0.155. The number of likely N-dealkylation sites (N-methyl/N-ethyl adjacent to an activating group) is 1. The first-order valence-electron chi connectivity index (χ1n) is 12.8. The maximum atomic E-state index is 12.9. The molecule has 0 fully saturated rings. The van der Waals surface area contributed by atoms with E-state index in [0.717, 1.165) is 29.9 Å². The monoisotopic (exact) mass is 505 g/mol. The number of para-hydroxylation sites is 2. The Labute approximate surface area is 221 Å². The largest absolute Gasteiger partial charge is 0.492 e. The molecule has 1 aromatic heterocycles. The van der Waals surface area contributed by atoms with Gasteiger partial charge in [-0.2, -0.15) is 0 Å². The van der Waals surface area contributed by atoms with Crippen molar-refractivity contribution in [1.29, 1.82) is 0 Å². The van der Waals surface area contributed by atoms with Crippen molar-refractivity contribution in [3.63, 3.8) is 0 Å². The average Bonchev–Trinajstić information content (AvgIpc) is 2.92. The molecule has 0 aliphatic carbocycles. The maximum Gasteiger partial charge on any atom is 0.228 e. The molecule has 192 valence electrons. The molecule has 0 spiro atoms. The summed E-state index contributed by atoms with van der Waals surface area (Å²) in [4.78, 5) is 31.3. The third kappa shape index (κ3) is 5.93. The number of ether oxygens (including phenoxy) is 1. The zero-order valence-electron chi connectivity index (χ0n) is 21.7. The Kier molecular flexibility index (Phi) is 7.52. The smallest absolute Gasteiger partial charge is 0.228 e. The van der Waals surface area contributed by atoms with Gasteiger partial charge < -0.3 is 15.0 Å². The lowest BCUT2D eigenvalue weighted by Gasteiger charge is -2.17. The van der Waals surface area contributed by atoms with Crippen LogP contribution in [0, 0.1) is 6.92 Å². The number of hydrogen-bond acceptors (Lipinski definition) is 4. The van der Waals surface area contributed by atoms with Crippen molar-refractivity contribution in [2.75, 3.05) is 25.5 Å². The highest BCUT2D eigenvalue weighted by Crippen LogP contribution is 2.20. The summed E-state index contributed by atoms with van der Waals surface area (Å²) in [5.74, 6) is 0.600. The Balaban J connectivity index is 1.16. The molecular formula is C32H31N3O3. The first kappa shape index (κ1) is 25.2. The van der Waals surface area contributed by atoms with Crippen LogP contribution in [-0.4, -0.2) is 36.0 Å². The van der Waals surface area contributed by atoms with E-state index in [0.29, 0.717) is 28.6 Å². The minimum Gasteiger partial charge on any atom is -0.492 e. The molecule has 0 bridgehead atoms. The van der Waals surface area contributed by atoms with Crippen LogP contribution in [0.15, 0.2) is 95.8 Å². The summed E-state index contributed by atoms with van der Waals surface area (Å²) in [6.07, 6.45) is 0.150. The van der Waals surface area contributed by atoms with Crippen LogP contribution in [0.4, 0.5) is 5.69 Å². The molecule has 5 aromatic rings. The fourth-order valence-electron chi connectivity index (χ4n) is 4.57. The Morgan fingerprint density at radius 2 is 1.63 bits per heavy atom. The molecule has 6 heteroatoms. The number of anilines is 1. The average molecular weight is 506 g/mol. The summed E-state index contributed by atoms with van der Waals surface area (Å²) in [7, 11) is 2.08. The van der Waals surface area contributed by atoms with Crippen molar-refractivity contribution in [2.45, 2.75) is 19.9 Å². The number of benzene rings is 4. The molecule has 0 saturated carbocycles. The van der Waals surface area contributed by atoms with Crippen LogP contribution in [0.25, 0.3) is 21.8 Å². The molecule has 38 heavy (non-hydrogen) atoms. The van der Waals surface area contributed by atoms with Gasteiger partial charge in [-0.3, -0.25) is 14.5 Å². The van der Waals surface area contributed by atoms with Gasteiger partial charge >= 0.3 is 0 Å². The highest BCUT2D eigenvalue weighted by molar-refractivity contribution is 5.98. The SMILES string of the molecule is Cc1ccc(CN(C)CCOc2ccc(NC(=O)Cc3cccc4c(=O)c5ccccc5[nH]c34)cc2)cc1. The molecule has 0 unspecified atom stereocenters. The summed E-state index contributed by atoms with van der Waals surface area (Å²) in [5.41, 5.74) is 5.43. The third-order valence-corrected chi connectivity index (χ3v) is 6.63. The summed E-state index contributed by atoms with van der Waals surface area (Å²) in [6, 6.07) is 28.9. The van der Waals surface area contributed by atoms with E-state index in [1.165, 1.54) is 11.1 Å². The minimum absolute atomic E-state index is 0.0338. The van der Waals surface area contributed by atoms with E-state index in [1.807, 2.05) is 60.7 Å². The first-order valence-corrected chi connectivity index (χ1v) is 12.8. The second kappa shape index (κ2) is 11.3. The van der Waals surface area contributed by atoms with Gasteiger partial charge in [0.25, 0.3) is 0 Å². The van der Waals surface area contributed by atoms with E-state index >= 15 is 0 Å². The number of H-pyrrole nitrogens is 1. The van der Waals surface area contributed by atoms with Crippen LogP contribution in [0.3, 0.4) is 0 Å². The Morgan fingerprint density at radius 1 is 0.895 bits per heavy atom. The summed E-state index contributed by atoms with van der Waals surface area (Å²) < 4.78 is 5.90. The van der Waals surface area contributed by atoms with Gasteiger partial charge in [-0.15, -0.1) is 0 Å². The van der Waals surface area contributed by atoms with E-state index in [9.17, 15) is 9.59 Å². The van der Waals surface area contributed by atoms with Gasteiger partial charge in [0.05, 0.1) is 11.9 Å². The number of aromatic nitrogens is 1.